The quantitative estimate of drug-likeness (QED) is 0.764. The Morgan fingerprint density at radius 1 is 1.50 bits per heavy atom. The van der Waals surface area contributed by atoms with Crippen LogP contribution in [0.2, 0.25) is 0 Å². The minimum absolute atomic E-state index is 0.110. The van der Waals surface area contributed by atoms with Gasteiger partial charge in [-0.3, -0.25) is 9.78 Å². The molecule has 2 N–H and O–H groups in total. The fraction of sp³-hybridized carbons (Fsp3) is 0. The number of carbonyl (C=O) groups excluding carboxylic acids is 1. The number of aromatic nitrogens is 1. The number of nitrogens with one attached hydrogen (secondary N) is 1. The number of para-hydroxylation sites is 1. The third-order valence-corrected chi connectivity index (χ3v) is 2.25. The molecule has 0 atom stereocenters. The summed E-state index contributed by atoms with van der Waals surface area (Å²) in [4.78, 5) is 14.5. The van der Waals surface area contributed by atoms with Gasteiger partial charge in [0.1, 0.15) is 5.75 Å². The lowest BCUT2D eigenvalue weighted by molar-refractivity contribution is -0.108. The van der Waals surface area contributed by atoms with E-state index in [-0.39, 0.29) is 5.75 Å². The molecule has 0 bridgehead atoms. The van der Waals surface area contributed by atoms with Gasteiger partial charge >= 0.3 is 0 Å². The molecule has 0 spiro atoms. The Morgan fingerprint density at radius 2 is 2.31 bits per heavy atom. The first-order chi connectivity index (χ1) is 7.72. The second kappa shape index (κ2) is 4.02. The lowest BCUT2D eigenvalue weighted by atomic mass is 10.1. The van der Waals surface area contributed by atoms with E-state index in [9.17, 15) is 9.90 Å². The van der Waals surface area contributed by atoms with E-state index in [4.69, 9.17) is 0 Å². The van der Waals surface area contributed by atoms with Crippen molar-refractivity contribution in [2.24, 2.45) is 0 Å². The molecule has 0 aliphatic rings. The van der Waals surface area contributed by atoms with Crippen LogP contribution in [-0.4, -0.2) is 16.5 Å². The molecular formula is C12H10N2O2. The molecule has 0 aliphatic heterocycles. The van der Waals surface area contributed by atoms with Crippen molar-refractivity contribution in [3.8, 4) is 5.75 Å². The summed E-state index contributed by atoms with van der Waals surface area (Å²) in [7, 11) is 0. The van der Waals surface area contributed by atoms with Gasteiger partial charge in [-0.05, 0) is 6.07 Å². The summed E-state index contributed by atoms with van der Waals surface area (Å²) in [5.41, 5.74) is 1.92. The number of benzene rings is 1. The summed E-state index contributed by atoms with van der Waals surface area (Å²) in [5, 5.41) is 12.6. The predicted molar refractivity (Wildman–Crippen MR) is 61.6 cm³/mol. The zero-order valence-corrected chi connectivity index (χ0v) is 8.47. The summed E-state index contributed by atoms with van der Waals surface area (Å²) in [5.74, 6) is 0.110. The van der Waals surface area contributed by atoms with Crippen LogP contribution in [-0.2, 0) is 4.79 Å². The third kappa shape index (κ3) is 1.72. The standard InChI is InChI=1S/C12H10N2O2/c1-8(14-7-15)11-4-2-3-9-5-10(16)6-13-12(9)11/h2-7,16H,1H2,(H,14,15). The number of nitrogens with zero attached hydrogens (tertiary/aromatic N) is 1. The molecule has 0 saturated heterocycles. The topological polar surface area (TPSA) is 62.2 Å². The van der Waals surface area contributed by atoms with Crippen molar-refractivity contribution in [1.82, 2.24) is 10.3 Å². The maximum atomic E-state index is 10.3. The Bertz CT molecular complexity index is 564. The van der Waals surface area contributed by atoms with E-state index in [2.05, 4.69) is 16.9 Å². The minimum Gasteiger partial charge on any atom is -0.506 e. The molecule has 0 radical (unpaired) electrons. The van der Waals surface area contributed by atoms with Gasteiger partial charge in [-0.1, -0.05) is 24.8 Å². The second-order valence-electron chi connectivity index (χ2n) is 3.31. The Kier molecular flexibility index (Phi) is 2.55. The summed E-state index contributed by atoms with van der Waals surface area (Å²) in [6, 6.07) is 7.07. The molecule has 0 unspecified atom stereocenters. The second-order valence-corrected chi connectivity index (χ2v) is 3.31. The average molecular weight is 214 g/mol. The van der Waals surface area contributed by atoms with Crippen molar-refractivity contribution in [2.45, 2.75) is 0 Å². The molecule has 0 fully saturated rings. The van der Waals surface area contributed by atoms with Crippen LogP contribution >= 0.6 is 0 Å². The molecule has 16 heavy (non-hydrogen) atoms. The van der Waals surface area contributed by atoms with Crippen LogP contribution in [0.5, 0.6) is 5.75 Å². The normalized spacial score (nSPS) is 10.0. The third-order valence-electron chi connectivity index (χ3n) is 2.25. The highest BCUT2D eigenvalue weighted by Crippen LogP contribution is 2.23. The largest absolute Gasteiger partial charge is 0.506 e. The first-order valence-corrected chi connectivity index (χ1v) is 4.69. The Hall–Kier alpha value is -2.36. The van der Waals surface area contributed by atoms with E-state index in [1.807, 2.05) is 18.2 Å². The van der Waals surface area contributed by atoms with E-state index in [1.54, 1.807) is 6.07 Å². The zero-order chi connectivity index (χ0) is 11.5. The first kappa shape index (κ1) is 10.2. The van der Waals surface area contributed by atoms with Gasteiger partial charge in [-0.2, -0.15) is 0 Å². The van der Waals surface area contributed by atoms with Gasteiger partial charge in [0.05, 0.1) is 11.7 Å². The molecule has 1 heterocycles. The van der Waals surface area contributed by atoms with Gasteiger partial charge in [0.15, 0.2) is 0 Å². The molecule has 4 nitrogen and oxygen atoms in total. The number of rotatable bonds is 3. The maximum Gasteiger partial charge on any atom is 0.211 e. The van der Waals surface area contributed by atoms with Crippen LogP contribution in [0.15, 0.2) is 37.0 Å². The first-order valence-electron chi connectivity index (χ1n) is 4.69. The summed E-state index contributed by atoms with van der Waals surface area (Å²) >= 11 is 0. The number of carbonyl (C=O) groups is 1. The molecule has 0 saturated carbocycles. The highest BCUT2D eigenvalue weighted by molar-refractivity contribution is 5.92. The van der Waals surface area contributed by atoms with Crippen molar-refractivity contribution in [1.29, 1.82) is 0 Å². The summed E-state index contributed by atoms with van der Waals surface area (Å²) in [6.45, 7) is 3.74. The smallest absolute Gasteiger partial charge is 0.211 e. The van der Waals surface area contributed by atoms with Gasteiger partial charge < -0.3 is 10.4 Å². The van der Waals surface area contributed by atoms with Crippen molar-refractivity contribution >= 4 is 23.0 Å². The van der Waals surface area contributed by atoms with E-state index in [1.165, 1.54) is 6.20 Å². The number of hydrogen-bond acceptors (Lipinski definition) is 3. The molecule has 1 aromatic heterocycles. The molecule has 1 aromatic carbocycles. The van der Waals surface area contributed by atoms with Gasteiger partial charge in [0.2, 0.25) is 6.41 Å². The van der Waals surface area contributed by atoms with Gasteiger partial charge in [0, 0.05) is 16.6 Å². The molecule has 0 aliphatic carbocycles. The molecule has 80 valence electrons. The number of amides is 1. The number of pyridine rings is 1. The number of aromatic hydroxyl groups is 1. The zero-order valence-electron chi connectivity index (χ0n) is 8.47. The van der Waals surface area contributed by atoms with Crippen LogP contribution < -0.4 is 5.32 Å². The minimum atomic E-state index is 0.110. The Balaban J connectivity index is 2.62. The predicted octanol–water partition coefficient (Wildman–Crippen LogP) is 1.66. The van der Waals surface area contributed by atoms with Gasteiger partial charge in [-0.15, -0.1) is 0 Å². The molecular weight excluding hydrogens is 204 g/mol. The average Bonchev–Trinajstić information content (AvgIpc) is 2.28. The van der Waals surface area contributed by atoms with Crippen molar-refractivity contribution in [2.75, 3.05) is 0 Å². The molecule has 2 aromatic rings. The van der Waals surface area contributed by atoms with E-state index < -0.39 is 0 Å². The SMILES string of the molecule is C=C(NC=O)c1cccc2cc(O)cnc12. The van der Waals surface area contributed by atoms with Crippen molar-refractivity contribution < 1.29 is 9.90 Å². The lowest BCUT2D eigenvalue weighted by Crippen LogP contribution is -2.08. The summed E-state index contributed by atoms with van der Waals surface area (Å²) < 4.78 is 0. The van der Waals surface area contributed by atoms with Crippen LogP contribution in [0.25, 0.3) is 16.6 Å². The van der Waals surface area contributed by atoms with Gasteiger partial charge in [-0.25, -0.2) is 0 Å². The monoisotopic (exact) mass is 214 g/mol. The summed E-state index contributed by atoms with van der Waals surface area (Å²) in [6.07, 6.45) is 1.93. The number of fused-ring (bicyclic) bond motifs is 1. The van der Waals surface area contributed by atoms with Crippen LogP contribution in [0.1, 0.15) is 5.56 Å². The molecule has 2 rings (SSSR count). The van der Waals surface area contributed by atoms with Crippen molar-refractivity contribution in [3.05, 3.63) is 42.6 Å². The number of hydrogen-bond donors (Lipinski definition) is 2. The Labute approximate surface area is 92.2 Å². The fourth-order valence-corrected chi connectivity index (χ4v) is 1.54. The highest BCUT2D eigenvalue weighted by Gasteiger charge is 2.05. The van der Waals surface area contributed by atoms with Crippen LogP contribution in [0, 0.1) is 0 Å². The lowest BCUT2D eigenvalue weighted by Gasteiger charge is -2.07. The van der Waals surface area contributed by atoms with Crippen LogP contribution in [0.4, 0.5) is 0 Å². The van der Waals surface area contributed by atoms with E-state index in [0.29, 0.717) is 17.6 Å². The molecule has 4 heteroatoms. The fourth-order valence-electron chi connectivity index (χ4n) is 1.54. The van der Waals surface area contributed by atoms with Crippen LogP contribution in [0.3, 0.4) is 0 Å². The van der Waals surface area contributed by atoms with E-state index in [0.717, 1.165) is 10.9 Å². The maximum absolute atomic E-state index is 10.3. The van der Waals surface area contributed by atoms with Crippen molar-refractivity contribution in [3.63, 3.8) is 0 Å². The Morgan fingerprint density at radius 3 is 3.06 bits per heavy atom. The van der Waals surface area contributed by atoms with E-state index >= 15 is 0 Å². The van der Waals surface area contributed by atoms with Gasteiger partial charge in [0.25, 0.3) is 0 Å². The highest BCUT2D eigenvalue weighted by atomic mass is 16.3. The molecule has 1 amide bonds.